The highest BCUT2D eigenvalue weighted by molar-refractivity contribution is 6.30. The van der Waals surface area contributed by atoms with Crippen LogP contribution in [0.1, 0.15) is 12.1 Å². The van der Waals surface area contributed by atoms with E-state index in [0.29, 0.717) is 23.5 Å². The van der Waals surface area contributed by atoms with Crippen LogP contribution in [0.4, 0.5) is 0 Å². The molecule has 0 aliphatic rings. The van der Waals surface area contributed by atoms with Crippen molar-refractivity contribution in [2.45, 2.75) is 19.5 Å². The molecule has 1 amide bonds. The Morgan fingerprint density at radius 3 is 2.89 bits per heavy atom. The number of para-hydroxylation sites is 1. The molecule has 8 heteroatoms. The third-order valence-electron chi connectivity index (χ3n) is 4.24. The molecule has 0 bridgehead atoms. The van der Waals surface area contributed by atoms with Crippen LogP contribution < -0.4 is 10.7 Å². The molecule has 27 heavy (non-hydrogen) atoms. The SMILES string of the molecule is O=C(CCn1ncc(=O)c2ccccc21)NCc1cn2cc(Cl)ccc2n1. The van der Waals surface area contributed by atoms with Crippen LogP contribution in [0.15, 0.2) is 59.8 Å². The van der Waals surface area contributed by atoms with E-state index in [2.05, 4.69) is 15.4 Å². The zero-order valence-corrected chi connectivity index (χ0v) is 15.1. The van der Waals surface area contributed by atoms with Crippen molar-refractivity contribution in [1.82, 2.24) is 24.5 Å². The summed E-state index contributed by atoms with van der Waals surface area (Å²) < 4.78 is 3.49. The molecule has 0 atom stereocenters. The van der Waals surface area contributed by atoms with Crippen LogP contribution in [0.5, 0.6) is 0 Å². The maximum absolute atomic E-state index is 12.2. The fraction of sp³-hybridized carbons (Fsp3) is 0.158. The number of rotatable bonds is 5. The highest BCUT2D eigenvalue weighted by atomic mass is 35.5. The Hall–Kier alpha value is -3.19. The van der Waals surface area contributed by atoms with Crippen LogP contribution in [0, 0.1) is 0 Å². The van der Waals surface area contributed by atoms with E-state index in [4.69, 9.17) is 11.6 Å². The van der Waals surface area contributed by atoms with Crippen LogP contribution >= 0.6 is 11.6 Å². The van der Waals surface area contributed by atoms with E-state index in [9.17, 15) is 9.59 Å². The second-order valence-electron chi connectivity index (χ2n) is 6.12. The quantitative estimate of drug-likeness (QED) is 0.575. The number of carbonyl (C=O) groups excluding carboxylic acids is 1. The Morgan fingerprint density at radius 1 is 1.15 bits per heavy atom. The number of pyridine rings is 1. The van der Waals surface area contributed by atoms with Crippen molar-refractivity contribution in [3.63, 3.8) is 0 Å². The minimum absolute atomic E-state index is 0.116. The fourth-order valence-electron chi connectivity index (χ4n) is 2.93. The number of carbonyl (C=O) groups is 1. The molecule has 1 N–H and O–H groups in total. The van der Waals surface area contributed by atoms with Gasteiger partial charge in [-0.05, 0) is 24.3 Å². The fourth-order valence-corrected chi connectivity index (χ4v) is 3.09. The van der Waals surface area contributed by atoms with Crippen molar-refractivity contribution >= 4 is 34.1 Å². The number of nitrogens with one attached hydrogen (secondary N) is 1. The predicted octanol–water partition coefficient (Wildman–Crippen LogP) is 2.40. The van der Waals surface area contributed by atoms with Gasteiger partial charge in [0.25, 0.3) is 0 Å². The summed E-state index contributed by atoms with van der Waals surface area (Å²) in [7, 11) is 0. The van der Waals surface area contributed by atoms with Gasteiger partial charge in [0.1, 0.15) is 5.65 Å². The maximum atomic E-state index is 12.2. The van der Waals surface area contributed by atoms with Gasteiger partial charge in [-0.1, -0.05) is 23.7 Å². The minimum Gasteiger partial charge on any atom is -0.350 e. The largest absolute Gasteiger partial charge is 0.350 e. The summed E-state index contributed by atoms with van der Waals surface area (Å²) in [6.45, 7) is 0.712. The lowest BCUT2D eigenvalue weighted by Crippen LogP contribution is -2.25. The summed E-state index contributed by atoms with van der Waals surface area (Å²) in [5.74, 6) is -0.116. The molecule has 1 aromatic carbocycles. The molecule has 4 aromatic rings. The van der Waals surface area contributed by atoms with Crippen LogP contribution in [0.25, 0.3) is 16.6 Å². The van der Waals surface area contributed by atoms with E-state index in [1.807, 2.05) is 34.9 Å². The van der Waals surface area contributed by atoms with Crippen LogP contribution in [0.3, 0.4) is 0 Å². The summed E-state index contributed by atoms with van der Waals surface area (Å²) in [4.78, 5) is 28.5. The maximum Gasteiger partial charge on any atom is 0.222 e. The highest BCUT2D eigenvalue weighted by Crippen LogP contribution is 2.12. The molecule has 3 heterocycles. The third-order valence-corrected chi connectivity index (χ3v) is 4.47. The van der Waals surface area contributed by atoms with Gasteiger partial charge in [-0.2, -0.15) is 5.10 Å². The zero-order chi connectivity index (χ0) is 18.8. The first-order valence-corrected chi connectivity index (χ1v) is 8.83. The average Bonchev–Trinajstić information content (AvgIpc) is 3.08. The van der Waals surface area contributed by atoms with Gasteiger partial charge in [-0.25, -0.2) is 4.98 Å². The Kier molecular flexibility index (Phi) is 4.60. The summed E-state index contributed by atoms with van der Waals surface area (Å²) in [5, 5.41) is 8.20. The van der Waals surface area contributed by atoms with Crippen molar-refractivity contribution in [3.8, 4) is 0 Å². The number of nitrogens with zero attached hydrogens (tertiary/aromatic N) is 4. The predicted molar refractivity (Wildman–Crippen MR) is 103 cm³/mol. The average molecular weight is 382 g/mol. The number of aryl methyl sites for hydroxylation is 1. The van der Waals surface area contributed by atoms with E-state index in [1.54, 1.807) is 23.0 Å². The molecule has 0 saturated heterocycles. The zero-order valence-electron chi connectivity index (χ0n) is 14.3. The van der Waals surface area contributed by atoms with Gasteiger partial charge in [0.05, 0.1) is 35.5 Å². The van der Waals surface area contributed by atoms with Gasteiger partial charge in [-0.15, -0.1) is 0 Å². The summed E-state index contributed by atoms with van der Waals surface area (Å²) >= 11 is 5.96. The second kappa shape index (κ2) is 7.20. The Bertz CT molecular complexity index is 1200. The monoisotopic (exact) mass is 381 g/mol. The van der Waals surface area contributed by atoms with Crippen molar-refractivity contribution < 1.29 is 4.79 Å². The number of benzene rings is 1. The molecule has 0 saturated carbocycles. The minimum atomic E-state index is -0.127. The lowest BCUT2D eigenvalue weighted by atomic mass is 10.2. The number of aromatic nitrogens is 4. The first-order chi connectivity index (χ1) is 13.1. The molecule has 0 fully saturated rings. The molecule has 7 nitrogen and oxygen atoms in total. The standard InChI is InChI=1S/C19H16ClN5O2/c20-13-5-6-18-23-14(12-24(18)11-13)9-21-19(27)7-8-25-16-4-2-1-3-15(16)17(26)10-22-25/h1-6,10-12H,7-9H2,(H,21,27). The van der Waals surface area contributed by atoms with E-state index in [1.165, 1.54) is 6.20 Å². The Labute approximate surface area is 159 Å². The Morgan fingerprint density at radius 2 is 2.00 bits per heavy atom. The first kappa shape index (κ1) is 17.2. The van der Waals surface area contributed by atoms with Gasteiger partial charge >= 0.3 is 0 Å². The van der Waals surface area contributed by atoms with Crippen molar-refractivity contribution in [2.75, 3.05) is 0 Å². The third kappa shape index (κ3) is 3.68. The molecule has 0 spiro atoms. The summed E-state index contributed by atoms with van der Waals surface area (Å²) in [5.41, 5.74) is 2.11. The smallest absolute Gasteiger partial charge is 0.222 e. The lowest BCUT2D eigenvalue weighted by Gasteiger charge is -2.09. The molecule has 3 aromatic heterocycles. The van der Waals surface area contributed by atoms with E-state index in [0.717, 1.165) is 16.9 Å². The molecule has 0 aliphatic heterocycles. The van der Waals surface area contributed by atoms with Gasteiger partial charge in [-0.3, -0.25) is 14.3 Å². The summed E-state index contributed by atoms with van der Waals surface area (Å²) in [6.07, 6.45) is 5.13. The molecule has 0 aliphatic carbocycles. The Balaban J connectivity index is 1.40. The topological polar surface area (TPSA) is 81.3 Å². The number of fused-ring (bicyclic) bond motifs is 2. The van der Waals surface area contributed by atoms with Gasteiger partial charge in [0.2, 0.25) is 11.3 Å². The van der Waals surface area contributed by atoms with E-state index >= 15 is 0 Å². The number of halogens is 1. The lowest BCUT2D eigenvalue weighted by molar-refractivity contribution is -0.121. The summed E-state index contributed by atoms with van der Waals surface area (Å²) in [6, 6.07) is 10.8. The van der Waals surface area contributed by atoms with Crippen LogP contribution in [0.2, 0.25) is 5.02 Å². The number of hydrogen-bond acceptors (Lipinski definition) is 4. The number of imidazole rings is 1. The molecular formula is C19H16ClN5O2. The number of amides is 1. The van der Waals surface area contributed by atoms with Crippen molar-refractivity contribution in [1.29, 1.82) is 0 Å². The van der Waals surface area contributed by atoms with Gasteiger partial charge in [0, 0.05) is 24.2 Å². The normalized spacial score (nSPS) is 11.1. The first-order valence-electron chi connectivity index (χ1n) is 8.45. The molecule has 4 rings (SSSR count). The van der Waals surface area contributed by atoms with E-state index < -0.39 is 0 Å². The van der Waals surface area contributed by atoms with Crippen molar-refractivity contribution in [2.24, 2.45) is 0 Å². The number of hydrogen-bond donors (Lipinski definition) is 1. The van der Waals surface area contributed by atoms with Crippen LogP contribution in [-0.2, 0) is 17.9 Å². The van der Waals surface area contributed by atoms with Gasteiger partial charge < -0.3 is 9.72 Å². The molecule has 0 unspecified atom stereocenters. The van der Waals surface area contributed by atoms with Gasteiger partial charge in [0.15, 0.2) is 0 Å². The molecule has 0 radical (unpaired) electrons. The molecular weight excluding hydrogens is 366 g/mol. The second-order valence-corrected chi connectivity index (χ2v) is 6.56. The van der Waals surface area contributed by atoms with Crippen molar-refractivity contribution in [3.05, 3.63) is 75.9 Å². The van der Waals surface area contributed by atoms with Crippen LogP contribution in [-0.4, -0.2) is 25.1 Å². The highest BCUT2D eigenvalue weighted by Gasteiger charge is 2.08. The van der Waals surface area contributed by atoms with E-state index in [-0.39, 0.29) is 17.8 Å². The molecule has 136 valence electrons.